The van der Waals surface area contributed by atoms with Crippen molar-refractivity contribution in [3.05, 3.63) is 121 Å². The van der Waals surface area contributed by atoms with E-state index < -0.39 is 56.5 Å². The molecule has 1 aliphatic rings. The molecule has 0 saturated carbocycles. The first-order chi connectivity index (χ1) is 30.6. The van der Waals surface area contributed by atoms with Gasteiger partial charge in [0.1, 0.15) is 9.79 Å². The summed E-state index contributed by atoms with van der Waals surface area (Å²) in [6.45, 7) is 4.82. The van der Waals surface area contributed by atoms with Gasteiger partial charge < -0.3 is 20.6 Å². The molecule has 1 fully saturated rings. The first kappa shape index (κ1) is 53.4. The fraction of sp³-hybridized carbons (Fsp3) is 0.211. The number of carboxylic acid groups (broad SMARTS) is 3. The molecular weight excluding hydrogens is 952 g/mol. The number of hydrogen-bond donors (Lipinski definition) is 4. The van der Waals surface area contributed by atoms with Crippen LogP contribution in [-0.4, -0.2) is 124 Å². The number of aldehydes is 1. The summed E-state index contributed by atoms with van der Waals surface area (Å²) in [4.78, 5) is 48.1. The van der Waals surface area contributed by atoms with E-state index in [9.17, 15) is 61.1 Å². The highest BCUT2D eigenvalue weighted by atomic mass is 32.2. The molecule has 6 aromatic rings. The Bertz CT molecular complexity index is 2780. The maximum absolute atomic E-state index is 12.9. The number of nitrogens with one attached hydrogen (secondary N) is 1. The summed E-state index contributed by atoms with van der Waals surface area (Å²) in [5.41, 5.74) is 2.79. The van der Waals surface area contributed by atoms with Crippen LogP contribution in [0.2, 0.25) is 0 Å². The Hall–Kier alpha value is -6.91. The van der Waals surface area contributed by atoms with Crippen molar-refractivity contribution in [1.29, 1.82) is 0 Å². The smallest absolute Gasteiger partial charge is 0.475 e. The van der Waals surface area contributed by atoms with Crippen molar-refractivity contribution in [3.8, 4) is 0 Å². The Balaban J connectivity index is 0.000000249. The number of aliphatic carboxylic acids is 3. The van der Waals surface area contributed by atoms with Gasteiger partial charge in [0.05, 0.1) is 11.0 Å². The number of carbonyl (C=O) groups excluding carboxylic acids is 1. The van der Waals surface area contributed by atoms with Gasteiger partial charge in [-0.25, -0.2) is 39.2 Å². The van der Waals surface area contributed by atoms with E-state index in [2.05, 4.69) is 26.3 Å². The molecule has 28 heteroatoms. The largest absolute Gasteiger partial charge is 0.490 e. The molecule has 0 atom stereocenters. The molecule has 0 unspecified atom stereocenters. The number of alkyl halides is 9. The summed E-state index contributed by atoms with van der Waals surface area (Å²) in [6.07, 6.45) is -5.70. The second-order valence-corrected chi connectivity index (χ2v) is 16.4. The van der Waals surface area contributed by atoms with Gasteiger partial charge in [0.15, 0.2) is 6.29 Å². The van der Waals surface area contributed by atoms with Crippen LogP contribution in [0.4, 0.5) is 39.5 Å². The number of benzene rings is 2. The SMILES string of the molecule is O=C(O)C(F)(F)F.O=C(O)C(F)(F)F.O=C(O)C(F)(F)F.O=Cc1cccc2c1ccn2S(=O)(=O)c1cccnc1.O=S(=O)(c1cccnc1)n1ccc2c(CN3CCNCC3)cccc21. The molecule has 1 saturated heterocycles. The molecule has 2 aromatic carbocycles. The van der Waals surface area contributed by atoms with E-state index in [4.69, 9.17) is 29.7 Å². The van der Waals surface area contributed by atoms with Crippen LogP contribution in [0.25, 0.3) is 21.8 Å². The summed E-state index contributed by atoms with van der Waals surface area (Å²) in [6, 6.07) is 20.6. The highest BCUT2D eigenvalue weighted by Crippen LogP contribution is 2.26. The summed E-state index contributed by atoms with van der Waals surface area (Å²) in [5.74, 6) is -8.27. The monoisotopic (exact) mass is 984 g/mol. The van der Waals surface area contributed by atoms with Crippen LogP contribution >= 0.6 is 0 Å². The van der Waals surface area contributed by atoms with E-state index in [1.807, 2.05) is 18.2 Å². The van der Waals surface area contributed by atoms with Gasteiger partial charge in [-0.15, -0.1) is 0 Å². The number of aromatic nitrogens is 4. The maximum Gasteiger partial charge on any atom is 0.490 e. The zero-order chi connectivity index (χ0) is 49.7. The lowest BCUT2D eigenvalue weighted by atomic mass is 10.1. The standard InChI is InChI=1S/C18H20N4O2S.C14H10N2O3S.3C2HF3O2/c23-25(24,16-4-2-7-20-13-16)22-10-6-17-15(3-1-5-18(17)22)14-21-11-8-19-9-12-21;17-10-11-3-1-5-14-13(11)6-8-16(14)20(18,19)12-4-2-7-15-9-12;3*3-2(4,5)1(6)7/h1-7,10,13,19H,8-9,11-12,14H2;1-10H;3*(H,6,7). The van der Waals surface area contributed by atoms with Crippen LogP contribution in [0.5, 0.6) is 0 Å². The summed E-state index contributed by atoms with van der Waals surface area (Å²) >= 11 is 0. The first-order valence-electron chi connectivity index (χ1n) is 17.9. The van der Waals surface area contributed by atoms with Crippen molar-refractivity contribution in [3.63, 3.8) is 0 Å². The molecule has 1 aliphatic heterocycles. The molecule has 66 heavy (non-hydrogen) atoms. The summed E-state index contributed by atoms with van der Waals surface area (Å²) in [5, 5.41) is 26.3. The molecule has 4 aromatic heterocycles. The zero-order valence-electron chi connectivity index (χ0n) is 33.1. The quantitative estimate of drug-likeness (QED) is 0.111. The molecule has 7 rings (SSSR count). The van der Waals surface area contributed by atoms with Crippen LogP contribution in [-0.2, 0) is 41.0 Å². The van der Waals surface area contributed by atoms with Crippen LogP contribution in [0.15, 0.2) is 120 Å². The molecule has 0 bridgehead atoms. The van der Waals surface area contributed by atoms with Gasteiger partial charge in [-0.3, -0.25) is 19.7 Å². The number of nitrogens with zero attached hydrogens (tertiary/aromatic N) is 5. The third-order valence-corrected chi connectivity index (χ3v) is 11.7. The molecular formula is C38H33F9N6O11S2. The fourth-order valence-electron chi connectivity index (χ4n) is 5.37. The van der Waals surface area contributed by atoms with Crippen LogP contribution in [0.1, 0.15) is 15.9 Å². The predicted octanol–water partition coefficient (Wildman–Crippen LogP) is 5.66. The van der Waals surface area contributed by atoms with E-state index in [-0.39, 0.29) is 9.79 Å². The van der Waals surface area contributed by atoms with Gasteiger partial charge in [0.2, 0.25) is 0 Å². The second kappa shape index (κ2) is 22.3. The Kier molecular flexibility index (Phi) is 18.1. The van der Waals surface area contributed by atoms with Crippen molar-refractivity contribution in [2.24, 2.45) is 0 Å². The van der Waals surface area contributed by atoms with E-state index in [0.29, 0.717) is 28.3 Å². The van der Waals surface area contributed by atoms with Gasteiger partial charge in [0.25, 0.3) is 20.0 Å². The number of halogens is 9. The lowest BCUT2D eigenvalue weighted by Gasteiger charge is -2.27. The third kappa shape index (κ3) is 14.6. The van der Waals surface area contributed by atoms with E-state index >= 15 is 0 Å². The highest BCUT2D eigenvalue weighted by molar-refractivity contribution is 7.90. The van der Waals surface area contributed by atoms with Crippen LogP contribution in [0, 0.1) is 0 Å². The average molecular weight is 985 g/mol. The number of rotatable bonds is 7. The molecule has 4 N–H and O–H groups in total. The summed E-state index contributed by atoms with van der Waals surface area (Å²) in [7, 11) is -7.35. The number of hydrogen-bond acceptors (Lipinski definition) is 12. The van der Waals surface area contributed by atoms with Crippen molar-refractivity contribution in [2.75, 3.05) is 26.2 Å². The van der Waals surface area contributed by atoms with Gasteiger partial charge in [-0.1, -0.05) is 24.3 Å². The van der Waals surface area contributed by atoms with Crippen molar-refractivity contribution < 1.29 is 90.8 Å². The van der Waals surface area contributed by atoms with Crippen LogP contribution < -0.4 is 5.32 Å². The maximum atomic E-state index is 12.9. The minimum Gasteiger partial charge on any atom is -0.475 e. The van der Waals surface area contributed by atoms with Gasteiger partial charge in [0, 0.05) is 86.2 Å². The first-order valence-corrected chi connectivity index (χ1v) is 20.8. The number of carboxylic acids is 3. The van der Waals surface area contributed by atoms with E-state index in [0.717, 1.165) is 47.6 Å². The molecule has 0 amide bonds. The molecule has 0 spiro atoms. The number of pyridine rings is 2. The Labute approximate surface area is 366 Å². The molecule has 17 nitrogen and oxygen atoms in total. The number of fused-ring (bicyclic) bond motifs is 2. The van der Waals surface area contributed by atoms with E-state index in [1.165, 1.54) is 34.8 Å². The van der Waals surface area contributed by atoms with Crippen molar-refractivity contribution in [1.82, 2.24) is 28.1 Å². The van der Waals surface area contributed by atoms with Crippen LogP contribution in [0.3, 0.4) is 0 Å². The lowest BCUT2D eigenvalue weighted by molar-refractivity contribution is -0.193. The van der Waals surface area contributed by atoms with Gasteiger partial charge in [-0.2, -0.15) is 39.5 Å². The van der Waals surface area contributed by atoms with Gasteiger partial charge >= 0.3 is 36.4 Å². The van der Waals surface area contributed by atoms with Gasteiger partial charge in [-0.05, 0) is 54.1 Å². The number of carbonyl (C=O) groups is 4. The molecule has 0 aliphatic carbocycles. The summed E-state index contributed by atoms with van der Waals surface area (Å²) < 4.78 is 149. The Morgan fingerprint density at radius 3 is 1.38 bits per heavy atom. The predicted molar refractivity (Wildman–Crippen MR) is 212 cm³/mol. The van der Waals surface area contributed by atoms with E-state index in [1.54, 1.807) is 54.9 Å². The van der Waals surface area contributed by atoms with Crippen molar-refractivity contribution >= 4 is 66.0 Å². The fourth-order valence-corrected chi connectivity index (χ4v) is 7.99. The zero-order valence-corrected chi connectivity index (χ0v) is 34.7. The Morgan fingerprint density at radius 1 is 0.606 bits per heavy atom. The van der Waals surface area contributed by atoms with Crippen molar-refractivity contribution in [2.45, 2.75) is 34.9 Å². The Morgan fingerprint density at radius 2 is 1.00 bits per heavy atom. The molecule has 0 radical (unpaired) electrons. The topological polar surface area (TPSA) is 248 Å². The number of piperazine rings is 1. The third-order valence-electron chi connectivity index (χ3n) is 8.36. The molecule has 5 heterocycles. The lowest BCUT2D eigenvalue weighted by Crippen LogP contribution is -2.42. The minimum absolute atomic E-state index is 0.106. The average Bonchev–Trinajstić information content (AvgIpc) is 3.92. The molecule has 356 valence electrons. The highest BCUT2D eigenvalue weighted by Gasteiger charge is 2.39. The minimum atomic E-state index is -5.08. The normalized spacial score (nSPS) is 13.3. The second-order valence-electron chi connectivity index (χ2n) is 12.8.